The maximum absolute atomic E-state index is 12.3. The maximum atomic E-state index is 12.3. The Morgan fingerprint density at radius 3 is 2.68 bits per heavy atom. The molecule has 0 saturated carbocycles. The van der Waals surface area contributed by atoms with Crippen molar-refractivity contribution in [3.63, 3.8) is 0 Å². The predicted octanol–water partition coefficient (Wildman–Crippen LogP) is 2.54. The molecule has 2 amide bonds. The number of hydrogen-bond donors (Lipinski definition) is 2. The number of rotatable bonds is 2. The van der Waals surface area contributed by atoms with Gasteiger partial charge >= 0.3 is 12.2 Å². The molecule has 0 bridgehead atoms. The summed E-state index contributed by atoms with van der Waals surface area (Å²) in [5.74, 6) is 0.285. The van der Waals surface area contributed by atoms with Gasteiger partial charge in [-0.15, -0.1) is 0 Å². The number of halogens is 3. The van der Waals surface area contributed by atoms with Gasteiger partial charge in [-0.1, -0.05) is 11.3 Å². The van der Waals surface area contributed by atoms with Gasteiger partial charge < -0.3 is 0 Å². The third kappa shape index (κ3) is 3.44. The molecule has 0 fully saturated rings. The van der Waals surface area contributed by atoms with E-state index in [4.69, 9.17) is 0 Å². The summed E-state index contributed by atoms with van der Waals surface area (Å²) in [6.07, 6.45) is -2.18. The fourth-order valence-corrected chi connectivity index (χ4v) is 1.87. The zero-order chi connectivity index (χ0) is 14.0. The van der Waals surface area contributed by atoms with Crippen molar-refractivity contribution in [2.75, 3.05) is 10.6 Å². The lowest BCUT2D eigenvalue weighted by Crippen LogP contribution is -2.19. The first-order valence-corrected chi connectivity index (χ1v) is 5.77. The Hall–Kier alpha value is -2.10. The molecule has 2 rings (SSSR count). The number of nitrogens with zero attached hydrogens (tertiary/aromatic N) is 3. The van der Waals surface area contributed by atoms with Gasteiger partial charge in [0.15, 0.2) is 10.9 Å². The molecule has 0 unspecified atom stereocenters. The van der Waals surface area contributed by atoms with Crippen molar-refractivity contribution < 1.29 is 18.0 Å². The molecule has 0 aliphatic heterocycles. The molecule has 0 saturated heterocycles. The molecule has 0 spiro atoms. The second-order valence-corrected chi connectivity index (χ2v) is 4.51. The highest BCUT2D eigenvalue weighted by Gasteiger charge is 2.33. The number of carbonyl (C=O) groups excluding carboxylic acids is 1. The molecular weight excluding hydrogens is 283 g/mol. The minimum Gasteiger partial charge on any atom is -0.291 e. The fourth-order valence-electron chi connectivity index (χ4n) is 1.19. The van der Waals surface area contributed by atoms with Crippen LogP contribution < -0.4 is 10.6 Å². The molecule has 2 aromatic rings. The summed E-state index contributed by atoms with van der Waals surface area (Å²) >= 11 is 0.350. The Labute approximate surface area is 109 Å². The number of carbonyl (C=O) groups is 1. The van der Waals surface area contributed by atoms with E-state index in [1.54, 1.807) is 19.3 Å². The van der Waals surface area contributed by atoms with Crippen molar-refractivity contribution in [2.24, 2.45) is 7.05 Å². The summed E-state index contributed by atoms with van der Waals surface area (Å²) in [5, 5.41) is 8.31. The first-order valence-electron chi connectivity index (χ1n) is 4.95. The SMILES string of the molecule is Cn1ccc(NC(=O)Nc2ncc(C(F)(F)F)s2)n1. The van der Waals surface area contributed by atoms with Gasteiger partial charge in [0.25, 0.3) is 0 Å². The molecule has 6 nitrogen and oxygen atoms in total. The van der Waals surface area contributed by atoms with E-state index in [1.165, 1.54) is 4.68 Å². The lowest BCUT2D eigenvalue weighted by molar-refractivity contribution is -0.134. The highest BCUT2D eigenvalue weighted by Crippen LogP contribution is 2.34. The van der Waals surface area contributed by atoms with Crippen molar-refractivity contribution in [3.8, 4) is 0 Å². The largest absolute Gasteiger partial charge is 0.427 e. The number of aryl methyl sites for hydroxylation is 1. The molecule has 0 aliphatic rings. The minimum atomic E-state index is -4.46. The van der Waals surface area contributed by atoms with Gasteiger partial charge in [-0.05, 0) is 0 Å². The number of thiazole rings is 1. The monoisotopic (exact) mass is 291 g/mol. The predicted molar refractivity (Wildman–Crippen MR) is 63.0 cm³/mol. The smallest absolute Gasteiger partial charge is 0.291 e. The van der Waals surface area contributed by atoms with E-state index in [1.807, 2.05) is 0 Å². The minimum absolute atomic E-state index is 0.138. The van der Waals surface area contributed by atoms with E-state index >= 15 is 0 Å². The molecule has 0 radical (unpaired) electrons. The van der Waals surface area contributed by atoms with Crippen molar-refractivity contribution >= 4 is 28.3 Å². The number of anilines is 2. The lowest BCUT2D eigenvalue weighted by Gasteiger charge is -2.02. The highest BCUT2D eigenvalue weighted by atomic mass is 32.1. The quantitative estimate of drug-likeness (QED) is 0.893. The van der Waals surface area contributed by atoms with Crippen LogP contribution in [0.1, 0.15) is 4.88 Å². The van der Waals surface area contributed by atoms with Crippen molar-refractivity contribution in [3.05, 3.63) is 23.3 Å². The molecule has 19 heavy (non-hydrogen) atoms. The van der Waals surface area contributed by atoms with Gasteiger partial charge in [0, 0.05) is 19.3 Å². The standard InChI is InChI=1S/C9H8F3N5OS/c1-17-3-2-6(16-17)14-7(18)15-8-13-4-5(19-8)9(10,11)12/h2-4H,1H3,(H2,13,14,15,16,18). The first-order chi connectivity index (χ1) is 8.84. The summed E-state index contributed by atoms with van der Waals surface area (Å²) in [4.78, 5) is 14.1. The van der Waals surface area contributed by atoms with Crippen LogP contribution in [0.25, 0.3) is 0 Å². The molecule has 10 heteroatoms. The van der Waals surface area contributed by atoms with Crippen LogP contribution in [0.4, 0.5) is 28.9 Å². The number of urea groups is 1. The molecule has 2 heterocycles. The average Bonchev–Trinajstić information content (AvgIpc) is 2.87. The van der Waals surface area contributed by atoms with Crippen LogP contribution in [-0.4, -0.2) is 20.8 Å². The molecule has 0 aromatic carbocycles. The maximum Gasteiger partial charge on any atom is 0.427 e. The second-order valence-electron chi connectivity index (χ2n) is 3.48. The van der Waals surface area contributed by atoms with E-state index in [9.17, 15) is 18.0 Å². The van der Waals surface area contributed by atoms with Crippen LogP contribution in [0, 0.1) is 0 Å². The Kier molecular flexibility index (Phi) is 3.42. The van der Waals surface area contributed by atoms with E-state index in [-0.39, 0.29) is 10.9 Å². The van der Waals surface area contributed by atoms with E-state index in [0.29, 0.717) is 17.5 Å². The van der Waals surface area contributed by atoms with Crippen LogP contribution in [0.15, 0.2) is 18.5 Å². The van der Waals surface area contributed by atoms with Crippen molar-refractivity contribution in [1.82, 2.24) is 14.8 Å². The Morgan fingerprint density at radius 1 is 1.42 bits per heavy atom. The van der Waals surface area contributed by atoms with Crippen molar-refractivity contribution in [2.45, 2.75) is 6.18 Å². The first kappa shape index (κ1) is 13.3. The molecule has 102 valence electrons. The van der Waals surface area contributed by atoms with E-state index in [2.05, 4.69) is 20.7 Å². The summed E-state index contributed by atoms with van der Waals surface area (Å²) in [6.45, 7) is 0. The van der Waals surface area contributed by atoms with Crippen molar-refractivity contribution in [1.29, 1.82) is 0 Å². The number of hydrogen-bond acceptors (Lipinski definition) is 4. The van der Waals surface area contributed by atoms with Gasteiger partial charge in [-0.2, -0.15) is 18.3 Å². The zero-order valence-corrected chi connectivity index (χ0v) is 10.3. The van der Waals surface area contributed by atoms with Crippen LogP contribution in [0.3, 0.4) is 0 Å². The normalized spacial score (nSPS) is 11.4. The van der Waals surface area contributed by atoms with Gasteiger partial charge in [-0.3, -0.25) is 15.3 Å². The van der Waals surface area contributed by atoms with Gasteiger partial charge in [0.1, 0.15) is 4.88 Å². The second kappa shape index (κ2) is 4.88. The summed E-state index contributed by atoms with van der Waals surface area (Å²) in [5.41, 5.74) is 0. The molecule has 0 atom stereocenters. The van der Waals surface area contributed by atoms with Crippen LogP contribution in [0.5, 0.6) is 0 Å². The highest BCUT2D eigenvalue weighted by molar-refractivity contribution is 7.15. The third-order valence-corrected chi connectivity index (χ3v) is 2.92. The number of amides is 2. The van der Waals surface area contributed by atoms with E-state index < -0.39 is 17.1 Å². The Morgan fingerprint density at radius 2 is 2.16 bits per heavy atom. The molecule has 2 N–H and O–H groups in total. The van der Waals surface area contributed by atoms with Gasteiger partial charge in [0.2, 0.25) is 0 Å². The van der Waals surface area contributed by atoms with Gasteiger partial charge in [0.05, 0.1) is 6.20 Å². The fraction of sp³-hybridized carbons (Fsp3) is 0.222. The van der Waals surface area contributed by atoms with Crippen LogP contribution in [0.2, 0.25) is 0 Å². The average molecular weight is 291 g/mol. The van der Waals surface area contributed by atoms with E-state index in [0.717, 1.165) is 0 Å². The number of aromatic nitrogens is 3. The summed E-state index contributed by atoms with van der Waals surface area (Å²) < 4.78 is 38.4. The Balaban J connectivity index is 1.97. The molecule has 0 aliphatic carbocycles. The topological polar surface area (TPSA) is 71.8 Å². The Bertz CT molecular complexity index is 591. The van der Waals surface area contributed by atoms with Gasteiger partial charge in [-0.25, -0.2) is 9.78 Å². The summed E-state index contributed by atoms with van der Waals surface area (Å²) in [7, 11) is 1.67. The summed E-state index contributed by atoms with van der Waals surface area (Å²) in [6, 6.07) is 0.838. The molecular formula is C9H8F3N5OS. The number of alkyl halides is 3. The molecule has 2 aromatic heterocycles. The third-order valence-electron chi connectivity index (χ3n) is 1.96. The number of nitrogens with one attached hydrogen (secondary N) is 2. The van der Waals surface area contributed by atoms with Crippen LogP contribution in [-0.2, 0) is 13.2 Å². The zero-order valence-electron chi connectivity index (χ0n) is 9.52. The van der Waals surface area contributed by atoms with Crippen LogP contribution >= 0.6 is 11.3 Å². The lowest BCUT2D eigenvalue weighted by atomic mass is 10.5.